The SMILES string of the molecule is CC1(C)O[C@H]2O[C@H](Cn3c(=O)ccc(=O)n3-c3ccccc3)[C@@H]3OC(C)(C)O[C@@H]3[C@@H]2O1. The second-order valence-corrected chi connectivity index (χ2v) is 8.95. The summed E-state index contributed by atoms with van der Waals surface area (Å²) in [6.07, 6.45) is -2.66. The Morgan fingerprint density at radius 3 is 2.13 bits per heavy atom. The summed E-state index contributed by atoms with van der Waals surface area (Å²) in [7, 11) is 0. The van der Waals surface area contributed by atoms with Gasteiger partial charge >= 0.3 is 0 Å². The zero-order chi connectivity index (χ0) is 22.0. The highest BCUT2D eigenvalue weighted by atomic mass is 16.9. The van der Waals surface area contributed by atoms with E-state index in [1.165, 1.54) is 21.5 Å². The predicted octanol–water partition coefficient (Wildman–Crippen LogP) is 1.40. The van der Waals surface area contributed by atoms with Crippen LogP contribution in [0.1, 0.15) is 27.7 Å². The van der Waals surface area contributed by atoms with Crippen LogP contribution < -0.4 is 11.1 Å². The van der Waals surface area contributed by atoms with Crippen LogP contribution in [-0.2, 0) is 30.2 Å². The standard InChI is InChI=1S/C22H26N2O7/c1-21(2)28-17-14(27-20-19(18(17)29-21)30-22(3,4)31-20)12-23-15(25)10-11-16(26)24(23)13-8-6-5-7-9-13/h5-11,14,17-20H,12H2,1-4H3/t14-,17+,18+,19+,20-/m1/s1. The first kappa shape index (κ1) is 20.6. The third kappa shape index (κ3) is 3.66. The molecule has 0 aliphatic carbocycles. The summed E-state index contributed by atoms with van der Waals surface area (Å²) >= 11 is 0. The number of para-hydroxylation sites is 1. The Bertz CT molecular complexity index is 1090. The molecule has 3 aliphatic rings. The lowest BCUT2D eigenvalue weighted by Gasteiger charge is -2.37. The molecule has 9 heteroatoms. The third-order valence-electron chi connectivity index (χ3n) is 5.68. The lowest BCUT2D eigenvalue weighted by atomic mass is 9.99. The topological polar surface area (TPSA) is 90.2 Å². The van der Waals surface area contributed by atoms with Gasteiger partial charge < -0.3 is 23.7 Å². The second-order valence-electron chi connectivity index (χ2n) is 8.95. The number of nitrogens with zero attached hydrogens (tertiary/aromatic N) is 2. The number of benzene rings is 1. The highest BCUT2D eigenvalue weighted by molar-refractivity contribution is 5.30. The van der Waals surface area contributed by atoms with E-state index in [-0.39, 0.29) is 17.7 Å². The summed E-state index contributed by atoms with van der Waals surface area (Å²) in [5.41, 5.74) is -0.0599. The van der Waals surface area contributed by atoms with Crippen molar-refractivity contribution in [1.29, 1.82) is 0 Å². The largest absolute Gasteiger partial charge is 0.342 e. The molecule has 0 unspecified atom stereocenters. The van der Waals surface area contributed by atoms with Crippen molar-refractivity contribution in [2.24, 2.45) is 0 Å². The lowest BCUT2D eigenvalue weighted by molar-refractivity contribution is -0.237. The molecule has 9 nitrogen and oxygen atoms in total. The van der Waals surface area contributed by atoms with Gasteiger partial charge in [0.15, 0.2) is 17.9 Å². The molecule has 166 valence electrons. The van der Waals surface area contributed by atoms with E-state index >= 15 is 0 Å². The molecule has 31 heavy (non-hydrogen) atoms. The van der Waals surface area contributed by atoms with Crippen LogP contribution in [0.25, 0.3) is 5.69 Å². The van der Waals surface area contributed by atoms with Crippen molar-refractivity contribution in [2.45, 2.75) is 76.5 Å². The third-order valence-corrected chi connectivity index (χ3v) is 5.68. The second kappa shape index (κ2) is 7.11. The van der Waals surface area contributed by atoms with Crippen LogP contribution in [0.4, 0.5) is 0 Å². The van der Waals surface area contributed by atoms with Crippen molar-refractivity contribution in [2.75, 3.05) is 0 Å². The van der Waals surface area contributed by atoms with E-state index in [1.54, 1.807) is 12.1 Å². The van der Waals surface area contributed by atoms with Crippen molar-refractivity contribution >= 4 is 0 Å². The van der Waals surface area contributed by atoms with Crippen LogP contribution in [0.15, 0.2) is 52.1 Å². The number of rotatable bonds is 3. The monoisotopic (exact) mass is 430 g/mol. The quantitative estimate of drug-likeness (QED) is 0.727. The molecular formula is C22H26N2O7. The van der Waals surface area contributed by atoms with Crippen LogP contribution in [0.5, 0.6) is 0 Å². The van der Waals surface area contributed by atoms with Gasteiger partial charge in [-0.05, 0) is 39.8 Å². The van der Waals surface area contributed by atoms with E-state index in [4.69, 9.17) is 23.7 Å². The van der Waals surface area contributed by atoms with Gasteiger partial charge in [-0.3, -0.25) is 9.59 Å². The van der Waals surface area contributed by atoms with Gasteiger partial charge in [-0.1, -0.05) is 18.2 Å². The minimum atomic E-state index is -0.845. The molecule has 0 N–H and O–H groups in total. The molecule has 0 saturated carbocycles. The van der Waals surface area contributed by atoms with E-state index in [0.29, 0.717) is 5.69 Å². The molecule has 3 aliphatic heterocycles. The maximum Gasteiger partial charge on any atom is 0.270 e. The highest BCUT2D eigenvalue weighted by Gasteiger charge is 2.60. The Hall–Kier alpha value is -2.30. The number of hydrogen-bond donors (Lipinski definition) is 0. The van der Waals surface area contributed by atoms with E-state index in [9.17, 15) is 9.59 Å². The minimum absolute atomic E-state index is 0.0808. The molecule has 0 amide bonds. The fourth-order valence-electron chi connectivity index (χ4n) is 4.54. The summed E-state index contributed by atoms with van der Waals surface area (Å²) in [4.78, 5) is 25.5. The van der Waals surface area contributed by atoms with Crippen molar-refractivity contribution < 1.29 is 23.7 Å². The molecule has 4 heterocycles. The van der Waals surface area contributed by atoms with Gasteiger partial charge in [0.1, 0.15) is 24.4 Å². The van der Waals surface area contributed by atoms with Crippen LogP contribution in [0, 0.1) is 0 Å². The Morgan fingerprint density at radius 1 is 0.774 bits per heavy atom. The van der Waals surface area contributed by atoms with Gasteiger partial charge in [0, 0.05) is 12.1 Å². The van der Waals surface area contributed by atoms with E-state index in [2.05, 4.69) is 0 Å². The smallest absolute Gasteiger partial charge is 0.270 e. The zero-order valence-electron chi connectivity index (χ0n) is 17.9. The van der Waals surface area contributed by atoms with Gasteiger partial charge in [-0.15, -0.1) is 0 Å². The van der Waals surface area contributed by atoms with Gasteiger partial charge in [-0.2, -0.15) is 0 Å². The van der Waals surface area contributed by atoms with Crippen LogP contribution in [0.2, 0.25) is 0 Å². The number of fused-ring (bicyclic) bond motifs is 3. The summed E-state index contributed by atoms with van der Waals surface area (Å²) in [6.45, 7) is 7.36. The molecule has 0 radical (unpaired) electrons. The fraction of sp³-hybridized carbons (Fsp3) is 0.545. The van der Waals surface area contributed by atoms with Gasteiger partial charge in [-0.25, -0.2) is 9.36 Å². The van der Waals surface area contributed by atoms with Crippen molar-refractivity contribution in [3.8, 4) is 5.69 Å². The molecule has 5 rings (SSSR count). The zero-order valence-corrected chi connectivity index (χ0v) is 17.9. The number of hydrogen-bond acceptors (Lipinski definition) is 7. The number of aromatic nitrogens is 2. The van der Waals surface area contributed by atoms with Gasteiger partial charge in [0.2, 0.25) is 0 Å². The molecule has 5 atom stereocenters. The number of ether oxygens (including phenoxy) is 5. The van der Waals surface area contributed by atoms with Crippen LogP contribution in [-0.4, -0.2) is 51.6 Å². The molecule has 0 bridgehead atoms. The van der Waals surface area contributed by atoms with Crippen molar-refractivity contribution in [1.82, 2.24) is 9.36 Å². The van der Waals surface area contributed by atoms with Crippen LogP contribution >= 0.6 is 0 Å². The molecule has 2 aromatic rings. The summed E-state index contributed by atoms with van der Waals surface area (Å²) in [5.74, 6) is -1.68. The summed E-state index contributed by atoms with van der Waals surface area (Å²) in [5, 5.41) is 0. The molecule has 3 fully saturated rings. The summed E-state index contributed by atoms with van der Waals surface area (Å²) in [6, 6.07) is 11.5. The van der Waals surface area contributed by atoms with E-state index in [0.717, 1.165) is 0 Å². The van der Waals surface area contributed by atoms with Gasteiger partial charge in [0.25, 0.3) is 11.1 Å². The normalized spacial score (nSPS) is 33.1. The molecule has 1 aromatic carbocycles. The summed E-state index contributed by atoms with van der Waals surface area (Å²) < 4.78 is 33.2. The minimum Gasteiger partial charge on any atom is -0.342 e. The van der Waals surface area contributed by atoms with E-state index in [1.807, 2.05) is 45.9 Å². The predicted molar refractivity (Wildman–Crippen MR) is 109 cm³/mol. The van der Waals surface area contributed by atoms with Gasteiger partial charge in [0.05, 0.1) is 12.2 Å². The first-order chi connectivity index (χ1) is 14.6. The Balaban J connectivity index is 1.54. The first-order valence-corrected chi connectivity index (χ1v) is 10.4. The average molecular weight is 430 g/mol. The van der Waals surface area contributed by atoms with Crippen molar-refractivity contribution in [3.63, 3.8) is 0 Å². The Morgan fingerprint density at radius 2 is 1.39 bits per heavy atom. The molecule has 0 spiro atoms. The molecule has 3 saturated heterocycles. The first-order valence-electron chi connectivity index (χ1n) is 10.4. The lowest BCUT2D eigenvalue weighted by Crippen LogP contribution is -2.57. The van der Waals surface area contributed by atoms with E-state index < -0.39 is 42.3 Å². The van der Waals surface area contributed by atoms with Crippen LogP contribution in [0.3, 0.4) is 0 Å². The maximum atomic E-state index is 12.8. The fourth-order valence-corrected chi connectivity index (χ4v) is 4.54. The highest BCUT2D eigenvalue weighted by Crippen LogP contribution is 2.44. The Kier molecular flexibility index (Phi) is 4.72. The Labute approximate surface area is 179 Å². The average Bonchev–Trinajstić information content (AvgIpc) is 3.19. The molecule has 1 aromatic heterocycles. The van der Waals surface area contributed by atoms with Crippen molar-refractivity contribution in [3.05, 3.63) is 63.2 Å². The maximum absolute atomic E-state index is 12.8. The molecular weight excluding hydrogens is 404 g/mol.